The average molecular weight is 409 g/mol. The van der Waals surface area contributed by atoms with Crippen LogP contribution in [0.25, 0.3) is 16.7 Å². The van der Waals surface area contributed by atoms with E-state index in [0.717, 1.165) is 29.3 Å². The summed E-state index contributed by atoms with van der Waals surface area (Å²) in [6.45, 7) is 2.47. The van der Waals surface area contributed by atoms with E-state index in [-0.39, 0.29) is 11.3 Å². The van der Waals surface area contributed by atoms with Crippen molar-refractivity contribution in [3.8, 4) is 0 Å². The van der Waals surface area contributed by atoms with Crippen molar-refractivity contribution in [3.05, 3.63) is 76.5 Å². The fourth-order valence-electron chi connectivity index (χ4n) is 3.87. The van der Waals surface area contributed by atoms with Crippen molar-refractivity contribution in [3.63, 3.8) is 0 Å². The lowest BCUT2D eigenvalue weighted by molar-refractivity contribution is -0.139. The molecule has 0 aliphatic carbocycles. The number of nitrogens with zero attached hydrogens (tertiary/aromatic N) is 1. The third kappa shape index (κ3) is 3.32. The van der Waals surface area contributed by atoms with E-state index in [1.165, 1.54) is 0 Å². The van der Waals surface area contributed by atoms with Gasteiger partial charge in [0.25, 0.3) is 11.7 Å². The van der Waals surface area contributed by atoms with Gasteiger partial charge in [0.05, 0.1) is 11.6 Å². The number of aromatic amines is 1. The fourth-order valence-corrected chi connectivity index (χ4v) is 4.06. The summed E-state index contributed by atoms with van der Waals surface area (Å²) < 4.78 is 0. The number of carbonyl (C=O) groups excluding carboxylic acids is 2. The molecule has 2 N–H and O–H groups in total. The Hall–Kier alpha value is -3.05. The van der Waals surface area contributed by atoms with Gasteiger partial charge in [-0.3, -0.25) is 9.59 Å². The number of para-hydroxylation sites is 1. The van der Waals surface area contributed by atoms with E-state index >= 15 is 0 Å². The monoisotopic (exact) mass is 408 g/mol. The Morgan fingerprint density at radius 1 is 1.17 bits per heavy atom. The molecule has 1 aliphatic rings. The number of aliphatic hydroxyl groups is 1. The van der Waals surface area contributed by atoms with E-state index in [1.54, 1.807) is 29.2 Å². The van der Waals surface area contributed by atoms with Gasteiger partial charge in [0, 0.05) is 39.8 Å². The summed E-state index contributed by atoms with van der Waals surface area (Å²) in [5, 5.41) is 12.4. The van der Waals surface area contributed by atoms with Gasteiger partial charge >= 0.3 is 0 Å². The third-order valence-corrected chi connectivity index (χ3v) is 5.54. The Bertz CT molecular complexity index is 1130. The summed E-state index contributed by atoms with van der Waals surface area (Å²) in [4.78, 5) is 30.6. The predicted molar refractivity (Wildman–Crippen MR) is 114 cm³/mol. The lowest BCUT2D eigenvalue weighted by atomic mass is 9.95. The molecule has 0 spiro atoms. The van der Waals surface area contributed by atoms with Gasteiger partial charge in [-0.1, -0.05) is 55.3 Å². The minimum Gasteiger partial charge on any atom is -0.507 e. The zero-order chi connectivity index (χ0) is 20.5. The molecule has 1 aromatic heterocycles. The van der Waals surface area contributed by atoms with Gasteiger partial charge in [-0.15, -0.1) is 0 Å². The molecule has 29 heavy (non-hydrogen) atoms. The van der Waals surface area contributed by atoms with Crippen molar-refractivity contribution in [1.82, 2.24) is 9.88 Å². The molecular weight excluding hydrogens is 388 g/mol. The van der Waals surface area contributed by atoms with Crippen molar-refractivity contribution < 1.29 is 14.7 Å². The minimum atomic E-state index is -0.672. The van der Waals surface area contributed by atoms with Gasteiger partial charge in [-0.05, 0) is 24.6 Å². The number of unbranched alkanes of at least 4 members (excludes halogenated alkanes) is 1. The molecule has 6 heteroatoms. The number of aliphatic hydroxyl groups excluding tert-OH is 1. The number of halogens is 1. The number of likely N-dealkylation sites (tertiary alicyclic amines) is 1. The van der Waals surface area contributed by atoms with E-state index in [9.17, 15) is 14.7 Å². The van der Waals surface area contributed by atoms with Crippen LogP contribution in [0.2, 0.25) is 5.02 Å². The maximum Gasteiger partial charge on any atom is 0.295 e. The molecule has 2 heterocycles. The highest BCUT2D eigenvalue weighted by Crippen LogP contribution is 2.42. The SMILES string of the molecule is CCCCN1C(=O)C(=O)/C(=C(/O)c2cccc(Cl)c2)C1c1c[nH]c2ccccc12. The Morgan fingerprint density at radius 3 is 2.72 bits per heavy atom. The second-order valence-corrected chi connectivity index (χ2v) is 7.58. The molecule has 1 unspecified atom stereocenters. The molecule has 5 nitrogen and oxygen atoms in total. The number of fused-ring (bicyclic) bond motifs is 1. The largest absolute Gasteiger partial charge is 0.507 e. The van der Waals surface area contributed by atoms with Crippen LogP contribution in [0.4, 0.5) is 0 Å². The zero-order valence-electron chi connectivity index (χ0n) is 16.0. The van der Waals surface area contributed by atoms with Crippen LogP contribution < -0.4 is 0 Å². The van der Waals surface area contributed by atoms with E-state index < -0.39 is 17.7 Å². The average Bonchev–Trinajstić information content (AvgIpc) is 3.25. The van der Waals surface area contributed by atoms with Crippen molar-refractivity contribution in [2.75, 3.05) is 6.54 Å². The number of H-pyrrole nitrogens is 1. The van der Waals surface area contributed by atoms with Crippen molar-refractivity contribution in [2.45, 2.75) is 25.8 Å². The molecule has 0 saturated carbocycles. The maximum absolute atomic E-state index is 13.0. The number of aromatic nitrogens is 1. The first-order valence-corrected chi connectivity index (χ1v) is 10.0. The summed E-state index contributed by atoms with van der Waals surface area (Å²) >= 11 is 6.07. The summed E-state index contributed by atoms with van der Waals surface area (Å²) in [6, 6.07) is 13.7. The van der Waals surface area contributed by atoms with Crippen LogP contribution in [0.1, 0.15) is 36.9 Å². The number of hydrogen-bond acceptors (Lipinski definition) is 3. The van der Waals surface area contributed by atoms with Crippen molar-refractivity contribution in [1.29, 1.82) is 0 Å². The second kappa shape index (κ2) is 7.76. The van der Waals surface area contributed by atoms with Crippen LogP contribution in [0.5, 0.6) is 0 Å². The first kappa shape index (κ1) is 19.3. The van der Waals surface area contributed by atoms with E-state index in [2.05, 4.69) is 4.98 Å². The Balaban J connectivity index is 1.93. The number of carbonyl (C=O) groups is 2. The normalized spacial score (nSPS) is 18.7. The molecule has 148 valence electrons. The van der Waals surface area contributed by atoms with Crippen LogP contribution in [-0.2, 0) is 9.59 Å². The molecule has 2 aromatic carbocycles. The summed E-state index contributed by atoms with van der Waals surface area (Å²) in [6.07, 6.45) is 3.46. The van der Waals surface area contributed by atoms with Gasteiger partial charge in [0.1, 0.15) is 5.76 Å². The number of benzene rings is 2. The van der Waals surface area contributed by atoms with Gasteiger partial charge in [-0.25, -0.2) is 0 Å². The molecule has 3 aromatic rings. The Kier molecular flexibility index (Phi) is 5.16. The lowest BCUT2D eigenvalue weighted by Crippen LogP contribution is -2.30. The second-order valence-electron chi connectivity index (χ2n) is 7.15. The Labute approximate surface area is 173 Å². The fraction of sp³-hybridized carbons (Fsp3) is 0.217. The molecule has 4 rings (SSSR count). The van der Waals surface area contributed by atoms with E-state index in [4.69, 9.17) is 11.6 Å². The highest BCUT2D eigenvalue weighted by atomic mass is 35.5. The molecule has 1 atom stereocenters. The quantitative estimate of drug-likeness (QED) is 0.352. The summed E-state index contributed by atoms with van der Waals surface area (Å²) in [7, 11) is 0. The molecule has 0 bridgehead atoms. The predicted octanol–water partition coefficient (Wildman–Crippen LogP) is 5.04. The van der Waals surface area contributed by atoms with Crippen molar-refractivity contribution >= 4 is 40.0 Å². The number of Topliss-reactive ketones (excluding diaryl/α,β-unsaturated/α-hetero) is 1. The lowest BCUT2D eigenvalue weighted by Gasteiger charge is -2.24. The maximum atomic E-state index is 13.0. The summed E-state index contributed by atoms with van der Waals surface area (Å²) in [5.74, 6) is -1.47. The molecule has 0 radical (unpaired) electrons. The standard InChI is InChI=1S/C23H21ClN2O3/c1-2-3-11-26-20(17-13-25-18-10-5-4-9-16(17)18)19(22(28)23(26)29)21(27)14-7-6-8-15(24)12-14/h4-10,12-13,20,25,27H,2-3,11H2,1H3/b21-19+. The van der Waals surface area contributed by atoms with Crippen molar-refractivity contribution in [2.24, 2.45) is 0 Å². The van der Waals surface area contributed by atoms with Crippen LogP contribution >= 0.6 is 11.6 Å². The topological polar surface area (TPSA) is 73.4 Å². The summed E-state index contributed by atoms with van der Waals surface area (Å²) in [5.41, 5.74) is 2.21. The zero-order valence-corrected chi connectivity index (χ0v) is 16.7. The molecule has 1 fully saturated rings. The van der Waals surface area contributed by atoms with E-state index in [0.29, 0.717) is 17.1 Å². The molecule has 1 saturated heterocycles. The number of nitrogens with one attached hydrogen (secondary N) is 1. The molecule has 1 amide bonds. The van der Waals surface area contributed by atoms with Gasteiger partial charge < -0.3 is 15.0 Å². The third-order valence-electron chi connectivity index (χ3n) is 5.31. The molecule has 1 aliphatic heterocycles. The molecular formula is C23H21ClN2O3. The number of hydrogen-bond donors (Lipinski definition) is 2. The highest BCUT2D eigenvalue weighted by Gasteiger charge is 2.46. The van der Waals surface area contributed by atoms with Crippen LogP contribution in [-0.4, -0.2) is 33.2 Å². The van der Waals surface area contributed by atoms with Crippen LogP contribution in [0.15, 0.2) is 60.3 Å². The highest BCUT2D eigenvalue weighted by molar-refractivity contribution is 6.46. The minimum absolute atomic E-state index is 0.0955. The first-order valence-electron chi connectivity index (χ1n) is 9.63. The van der Waals surface area contributed by atoms with Gasteiger partial charge in [0.2, 0.25) is 0 Å². The van der Waals surface area contributed by atoms with Crippen LogP contribution in [0, 0.1) is 0 Å². The number of amides is 1. The smallest absolute Gasteiger partial charge is 0.295 e. The van der Waals surface area contributed by atoms with E-state index in [1.807, 2.05) is 37.4 Å². The Morgan fingerprint density at radius 2 is 1.97 bits per heavy atom. The number of ketones is 1. The first-order chi connectivity index (χ1) is 14.0. The number of rotatable bonds is 5. The van der Waals surface area contributed by atoms with Gasteiger partial charge in [0.15, 0.2) is 0 Å². The van der Waals surface area contributed by atoms with Gasteiger partial charge in [-0.2, -0.15) is 0 Å². The van der Waals surface area contributed by atoms with Crippen LogP contribution in [0.3, 0.4) is 0 Å².